The average Bonchev–Trinajstić information content (AvgIpc) is 2.39. The molecule has 2 aromatic rings. The van der Waals surface area contributed by atoms with Crippen LogP contribution in [0.2, 0.25) is 0 Å². The largest absolute Gasteiger partial charge is 0.692 e. The van der Waals surface area contributed by atoms with Gasteiger partial charge in [-0.05, 0) is 23.1 Å². The molecule has 0 radical (unpaired) electrons. The van der Waals surface area contributed by atoms with Gasteiger partial charge >= 0.3 is 8.25 Å². The van der Waals surface area contributed by atoms with Gasteiger partial charge in [0, 0.05) is 4.57 Å². The van der Waals surface area contributed by atoms with Crippen molar-refractivity contribution >= 4 is 8.25 Å². The Bertz CT molecular complexity index is 493. The number of hydrogen-bond acceptors (Lipinski definition) is 1. The van der Waals surface area contributed by atoms with Crippen LogP contribution in [0.4, 0.5) is 0 Å². The maximum Gasteiger partial charge on any atom is 0.692 e. The predicted octanol–water partition coefficient (Wildman–Crippen LogP) is 3.54. The van der Waals surface area contributed by atoms with Gasteiger partial charge in [-0.2, -0.15) is 0 Å². The van der Waals surface area contributed by atoms with Crippen LogP contribution < -0.4 is 0 Å². The lowest BCUT2D eigenvalue weighted by Gasteiger charge is -2.06. The Hall–Kier alpha value is -1.54. The van der Waals surface area contributed by atoms with Crippen LogP contribution in [0.5, 0.6) is 0 Å². The highest BCUT2D eigenvalue weighted by atomic mass is 31.1. The molecule has 0 unspecified atom stereocenters. The van der Waals surface area contributed by atoms with Crippen LogP contribution in [0, 0.1) is 0 Å². The van der Waals surface area contributed by atoms with Gasteiger partial charge in [-0.1, -0.05) is 61.5 Å². The van der Waals surface area contributed by atoms with E-state index >= 15 is 0 Å². The second kappa shape index (κ2) is 7.72. The first-order chi connectivity index (χ1) is 8.65. The van der Waals surface area contributed by atoms with Crippen molar-refractivity contribution in [3.8, 4) is 11.1 Å². The van der Waals surface area contributed by atoms with Crippen LogP contribution in [-0.2, 0) is 11.0 Å². The molecule has 0 aromatic heterocycles. The maximum absolute atomic E-state index is 8.70. The van der Waals surface area contributed by atoms with Gasteiger partial charge in [-0.15, -0.1) is 9.79 Å². The fourth-order valence-corrected chi connectivity index (χ4v) is 1.73. The van der Waals surface area contributed by atoms with E-state index in [2.05, 4.69) is 61.5 Å². The molecule has 0 saturated heterocycles. The first kappa shape index (κ1) is 14.5. The quantitative estimate of drug-likeness (QED) is 0.815. The van der Waals surface area contributed by atoms with E-state index in [0.717, 1.165) is 6.42 Å². The molecule has 0 fully saturated rings. The lowest BCUT2D eigenvalue weighted by atomic mass is 9.98. The van der Waals surface area contributed by atoms with Crippen molar-refractivity contribution < 1.29 is 14.4 Å². The third-order valence-corrected chi connectivity index (χ3v) is 2.48. The van der Waals surface area contributed by atoms with E-state index in [-0.39, 0.29) is 0 Å². The first-order valence-electron chi connectivity index (χ1n) is 5.63. The standard InChI is InChI=1S/C14H14.HO3P/c1-2-12-8-6-7-11-14(12)13-9-4-3-5-10-13;1-4(2)3/h3-11H,2H2,1H3;(H-,1,2,3)/p+1. The molecule has 0 heterocycles. The third-order valence-electron chi connectivity index (χ3n) is 2.48. The molecule has 0 amide bonds. The Kier molecular flexibility index (Phi) is 6.23. The minimum atomic E-state index is -2.87. The molecule has 0 saturated carbocycles. The van der Waals surface area contributed by atoms with Crippen molar-refractivity contribution in [1.82, 2.24) is 0 Å². The summed E-state index contributed by atoms with van der Waals surface area (Å²) in [7, 11) is -2.87. The van der Waals surface area contributed by atoms with E-state index in [0.29, 0.717) is 0 Å². The van der Waals surface area contributed by atoms with Gasteiger partial charge in [0.15, 0.2) is 0 Å². The highest BCUT2D eigenvalue weighted by Gasteiger charge is 2.00. The Morgan fingerprint density at radius 3 is 2.00 bits per heavy atom. The first-order valence-corrected chi connectivity index (χ1v) is 6.80. The minimum Gasteiger partial charge on any atom is -0.134 e. The van der Waals surface area contributed by atoms with Gasteiger partial charge in [0.05, 0.1) is 0 Å². The smallest absolute Gasteiger partial charge is 0.134 e. The molecule has 0 aliphatic heterocycles. The van der Waals surface area contributed by atoms with Crippen LogP contribution in [0.1, 0.15) is 12.5 Å². The summed E-state index contributed by atoms with van der Waals surface area (Å²) >= 11 is 0. The molecule has 3 nitrogen and oxygen atoms in total. The Labute approximate surface area is 108 Å². The highest BCUT2D eigenvalue weighted by Crippen LogP contribution is 2.23. The van der Waals surface area contributed by atoms with Crippen LogP contribution in [-0.4, -0.2) is 9.79 Å². The zero-order valence-corrected chi connectivity index (χ0v) is 11.0. The molecule has 0 spiro atoms. The SMILES string of the molecule is CCc1ccccc1-c1ccccc1.O=[P+](O)O. The summed E-state index contributed by atoms with van der Waals surface area (Å²) in [5.74, 6) is 0. The van der Waals surface area contributed by atoms with Crippen molar-refractivity contribution in [2.75, 3.05) is 0 Å². The highest BCUT2D eigenvalue weighted by molar-refractivity contribution is 7.30. The summed E-state index contributed by atoms with van der Waals surface area (Å²) in [6, 6.07) is 19.1. The predicted molar refractivity (Wildman–Crippen MR) is 73.3 cm³/mol. The van der Waals surface area contributed by atoms with Crippen molar-refractivity contribution in [3.05, 3.63) is 60.2 Å². The summed E-state index contributed by atoms with van der Waals surface area (Å²) in [5.41, 5.74) is 4.08. The normalized spacial score (nSPS) is 9.28. The van der Waals surface area contributed by atoms with Gasteiger partial charge in [-0.3, -0.25) is 0 Å². The maximum atomic E-state index is 8.70. The molecule has 94 valence electrons. The molecule has 0 atom stereocenters. The van der Waals surface area contributed by atoms with Crippen molar-refractivity contribution in [2.24, 2.45) is 0 Å². The number of hydrogen-bond donors (Lipinski definition) is 2. The molecule has 0 aliphatic carbocycles. The molecule has 18 heavy (non-hydrogen) atoms. The van der Waals surface area contributed by atoms with Crippen LogP contribution >= 0.6 is 8.25 Å². The molecule has 2 rings (SSSR count). The molecule has 2 aromatic carbocycles. The minimum absolute atomic E-state index is 1.09. The average molecular weight is 263 g/mol. The van der Waals surface area contributed by atoms with E-state index < -0.39 is 8.25 Å². The summed E-state index contributed by atoms with van der Waals surface area (Å²) in [6.45, 7) is 2.20. The summed E-state index contributed by atoms with van der Waals surface area (Å²) in [6.07, 6.45) is 1.09. The monoisotopic (exact) mass is 263 g/mol. The fourth-order valence-electron chi connectivity index (χ4n) is 1.73. The number of rotatable bonds is 2. The zero-order chi connectivity index (χ0) is 13.4. The Balaban J connectivity index is 0.000000357. The number of benzene rings is 2. The topological polar surface area (TPSA) is 57.5 Å². The van der Waals surface area contributed by atoms with Crippen molar-refractivity contribution in [1.29, 1.82) is 0 Å². The van der Waals surface area contributed by atoms with Gasteiger partial charge in [-0.25, -0.2) is 0 Å². The van der Waals surface area contributed by atoms with E-state index in [1.54, 1.807) is 0 Å². The molecular formula is C14H16O3P+. The summed E-state index contributed by atoms with van der Waals surface area (Å²) in [5, 5.41) is 0. The number of aryl methyl sites for hydroxylation is 1. The van der Waals surface area contributed by atoms with Crippen molar-refractivity contribution in [3.63, 3.8) is 0 Å². The lowest BCUT2D eigenvalue weighted by Crippen LogP contribution is -1.85. The third kappa shape index (κ3) is 4.76. The van der Waals surface area contributed by atoms with Crippen LogP contribution in [0.15, 0.2) is 54.6 Å². The van der Waals surface area contributed by atoms with Crippen LogP contribution in [0.3, 0.4) is 0 Å². The van der Waals surface area contributed by atoms with Gasteiger partial charge in [0.2, 0.25) is 0 Å². The van der Waals surface area contributed by atoms with Gasteiger partial charge in [0.25, 0.3) is 0 Å². The Morgan fingerprint density at radius 1 is 0.944 bits per heavy atom. The summed E-state index contributed by atoms with van der Waals surface area (Å²) < 4.78 is 8.70. The zero-order valence-electron chi connectivity index (χ0n) is 10.2. The molecule has 0 aliphatic rings. The van der Waals surface area contributed by atoms with E-state index in [4.69, 9.17) is 14.4 Å². The van der Waals surface area contributed by atoms with Crippen molar-refractivity contribution in [2.45, 2.75) is 13.3 Å². The fraction of sp³-hybridized carbons (Fsp3) is 0.143. The lowest BCUT2D eigenvalue weighted by molar-refractivity contribution is 0.405. The Morgan fingerprint density at radius 2 is 1.44 bits per heavy atom. The van der Waals surface area contributed by atoms with E-state index in [1.165, 1.54) is 16.7 Å². The molecule has 2 N–H and O–H groups in total. The summed E-state index contributed by atoms with van der Waals surface area (Å²) in [4.78, 5) is 14.2. The molecular weight excluding hydrogens is 247 g/mol. The van der Waals surface area contributed by atoms with Gasteiger partial charge < -0.3 is 0 Å². The van der Waals surface area contributed by atoms with E-state index in [1.807, 2.05) is 0 Å². The molecule has 0 bridgehead atoms. The van der Waals surface area contributed by atoms with Gasteiger partial charge in [0.1, 0.15) is 0 Å². The van der Waals surface area contributed by atoms with E-state index in [9.17, 15) is 0 Å². The second-order valence-corrected chi connectivity index (χ2v) is 4.13. The second-order valence-electron chi connectivity index (χ2n) is 3.63. The van der Waals surface area contributed by atoms with Crippen LogP contribution in [0.25, 0.3) is 11.1 Å². The molecule has 4 heteroatoms.